The predicted molar refractivity (Wildman–Crippen MR) is 123 cm³/mol. The quantitative estimate of drug-likeness (QED) is 0.407. The number of methoxy groups -OCH3 is 1. The monoisotopic (exact) mass is 430 g/mol. The van der Waals surface area contributed by atoms with Crippen LogP contribution in [0.15, 0.2) is 54.7 Å². The van der Waals surface area contributed by atoms with Crippen molar-refractivity contribution in [3.05, 3.63) is 71.9 Å². The molecule has 0 spiro atoms. The van der Waals surface area contributed by atoms with Gasteiger partial charge in [0.1, 0.15) is 17.4 Å². The van der Waals surface area contributed by atoms with Gasteiger partial charge >= 0.3 is 0 Å². The number of aromatic amines is 1. The summed E-state index contributed by atoms with van der Waals surface area (Å²) in [6.07, 6.45) is 6.25. The molecule has 1 atom stereocenters. The second kappa shape index (κ2) is 8.69. The average Bonchev–Trinajstić information content (AvgIpc) is 3.34. The second-order valence-corrected chi connectivity index (χ2v) is 8.75. The molecular weight excluding hydrogens is 403 g/mol. The Morgan fingerprint density at radius 3 is 2.53 bits per heavy atom. The van der Waals surface area contributed by atoms with Crippen LogP contribution in [-0.2, 0) is 0 Å². The molecule has 1 fully saturated rings. The smallest absolute Gasteiger partial charge is 0.161 e. The van der Waals surface area contributed by atoms with Crippen LogP contribution in [0.4, 0.5) is 4.39 Å². The molecule has 1 unspecified atom stereocenters. The van der Waals surface area contributed by atoms with Crippen LogP contribution in [0.2, 0.25) is 0 Å². The van der Waals surface area contributed by atoms with Crippen LogP contribution in [0.25, 0.3) is 22.3 Å². The van der Waals surface area contributed by atoms with Gasteiger partial charge in [-0.25, -0.2) is 4.39 Å². The van der Waals surface area contributed by atoms with Gasteiger partial charge in [0, 0.05) is 23.1 Å². The highest BCUT2D eigenvalue weighted by Gasteiger charge is 2.29. The van der Waals surface area contributed by atoms with Crippen LogP contribution < -0.4 is 4.74 Å². The van der Waals surface area contributed by atoms with E-state index in [0.717, 1.165) is 59.5 Å². The Hall–Kier alpha value is -3.28. The molecule has 2 aromatic heterocycles. The van der Waals surface area contributed by atoms with Gasteiger partial charge in [0.05, 0.1) is 12.6 Å². The molecule has 6 heteroatoms. The molecule has 0 amide bonds. The molecule has 2 aromatic carbocycles. The summed E-state index contributed by atoms with van der Waals surface area (Å²) in [4.78, 5) is 7.83. The van der Waals surface area contributed by atoms with Crippen molar-refractivity contribution in [1.29, 1.82) is 0 Å². The van der Waals surface area contributed by atoms with Gasteiger partial charge < -0.3 is 9.72 Å². The minimum atomic E-state index is -0.202. The van der Waals surface area contributed by atoms with E-state index in [2.05, 4.69) is 33.2 Å². The molecule has 0 bridgehead atoms. The molecule has 1 aliphatic rings. The first-order chi connectivity index (χ1) is 15.6. The number of nitrogens with zero attached hydrogens (tertiary/aromatic N) is 3. The first-order valence-electron chi connectivity index (χ1n) is 11.2. The van der Waals surface area contributed by atoms with Gasteiger partial charge in [-0.2, -0.15) is 0 Å². The van der Waals surface area contributed by atoms with E-state index >= 15 is 0 Å². The molecule has 5 rings (SSSR count). The van der Waals surface area contributed by atoms with Gasteiger partial charge in [-0.1, -0.05) is 6.92 Å². The number of aromatic nitrogens is 4. The van der Waals surface area contributed by atoms with E-state index < -0.39 is 0 Å². The highest BCUT2D eigenvalue weighted by Crippen LogP contribution is 2.42. The molecule has 4 aromatic rings. The molecule has 164 valence electrons. The minimum absolute atomic E-state index is 0.202. The van der Waals surface area contributed by atoms with Crippen LogP contribution in [-0.4, -0.2) is 27.3 Å². The third-order valence-electron chi connectivity index (χ3n) is 6.96. The maximum Gasteiger partial charge on any atom is 0.161 e. The van der Waals surface area contributed by atoms with E-state index in [1.165, 1.54) is 11.6 Å². The first kappa shape index (κ1) is 20.6. The molecule has 2 heterocycles. The summed E-state index contributed by atoms with van der Waals surface area (Å²) in [5, 5.41) is 9.77. The number of H-pyrrole nitrogens is 1. The summed E-state index contributed by atoms with van der Waals surface area (Å²) >= 11 is 0. The van der Waals surface area contributed by atoms with E-state index in [9.17, 15) is 4.39 Å². The summed E-state index contributed by atoms with van der Waals surface area (Å²) in [6, 6.07) is 14.8. The fourth-order valence-electron chi connectivity index (χ4n) is 5.01. The normalized spacial score (nSPS) is 19.7. The summed E-state index contributed by atoms with van der Waals surface area (Å²) in [5.41, 5.74) is 3.09. The highest BCUT2D eigenvalue weighted by atomic mass is 19.1. The molecule has 1 aliphatic carbocycles. The highest BCUT2D eigenvalue weighted by molar-refractivity contribution is 5.82. The molecule has 0 radical (unpaired) electrons. The van der Waals surface area contributed by atoms with Crippen LogP contribution in [0.3, 0.4) is 0 Å². The van der Waals surface area contributed by atoms with Crippen molar-refractivity contribution in [2.75, 3.05) is 7.11 Å². The third-order valence-corrected chi connectivity index (χ3v) is 6.96. The zero-order chi connectivity index (χ0) is 22.1. The van der Waals surface area contributed by atoms with Crippen molar-refractivity contribution < 1.29 is 9.13 Å². The second-order valence-electron chi connectivity index (χ2n) is 8.75. The molecule has 1 N–H and O–H groups in total. The van der Waals surface area contributed by atoms with Crippen LogP contribution in [0, 0.1) is 11.7 Å². The Labute approximate surface area is 187 Å². The molecule has 0 aliphatic heterocycles. The van der Waals surface area contributed by atoms with Gasteiger partial charge in [0.25, 0.3) is 0 Å². The van der Waals surface area contributed by atoms with Crippen molar-refractivity contribution in [1.82, 2.24) is 20.2 Å². The van der Waals surface area contributed by atoms with Crippen molar-refractivity contribution >= 4 is 10.9 Å². The number of hydrogen-bond donors (Lipinski definition) is 1. The summed E-state index contributed by atoms with van der Waals surface area (Å²) in [6.45, 7) is 2.24. The molecule has 0 saturated heterocycles. The summed E-state index contributed by atoms with van der Waals surface area (Å²) < 4.78 is 19.1. The van der Waals surface area contributed by atoms with E-state index in [4.69, 9.17) is 4.74 Å². The number of fused-ring (bicyclic) bond motifs is 1. The predicted octanol–water partition coefficient (Wildman–Crippen LogP) is 6.25. The fraction of sp³-hybridized carbons (Fsp3) is 0.346. The van der Waals surface area contributed by atoms with Crippen LogP contribution in [0.1, 0.15) is 55.8 Å². The lowest BCUT2D eigenvalue weighted by Crippen LogP contribution is -2.19. The van der Waals surface area contributed by atoms with Crippen molar-refractivity contribution in [2.24, 2.45) is 5.92 Å². The largest absolute Gasteiger partial charge is 0.497 e. The SMILES string of the molecule is COc1ccc(-c2nnc(C(C)[C@H]3CC[C@@H](c4ccnc5ccc(F)cc54)CC3)[nH]2)cc1. The van der Waals surface area contributed by atoms with E-state index in [-0.39, 0.29) is 5.82 Å². The standard InChI is InChI=1S/C26H27FN4O/c1-16(25-29-26(31-30-25)19-7-10-21(32-2)11-8-19)17-3-5-18(6-4-17)22-13-14-28-24-12-9-20(27)15-23(22)24/h7-18H,3-6H2,1-2H3,(H,29,30,31)/t16?,17-,18+. The zero-order valence-electron chi connectivity index (χ0n) is 18.4. The van der Waals surface area contributed by atoms with E-state index in [1.54, 1.807) is 19.2 Å². The number of nitrogens with one attached hydrogen (secondary N) is 1. The lowest BCUT2D eigenvalue weighted by molar-refractivity contribution is 0.286. The van der Waals surface area contributed by atoms with Crippen molar-refractivity contribution in [3.63, 3.8) is 0 Å². The Kier molecular flexibility index (Phi) is 5.60. The molecule has 1 saturated carbocycles. The fourth-order valence-corrected chi connectivity index (χ4v) is 5.01. The number of rotatable bonds is 5. The average molecular weight is 431 g/mol. The van der Waals surface area contributed by atoms with Gasteiger partial charge in [0.2, 0.25) is 0 Å². The lowest BCUT2D eigenvalue weighted by atomic mass is 9.73. The number of ether oxygens (including phenoxy) is 1. The van der Waals surface area contributed by atoms with Crippen molar-refractivity contribution in [2.45, 2.75) is 44.4 Å². The maximum atomic E-state index is 13.9. The molecule has 5 nitrogen and oxygen atoms in total. The topological polar surface area (TPSA) is 63.7 Å². The van der Waals surface area contributed by atoms with Gasteiger partial charge in [0.15, 0.2) is 5.82 Å². The number of pyridine rings is 1. The first-order valence-corrected chi connectivity index (χ1v) is 11.2. The van der Waals surface area contributed by atoms with Crippen molar-refractivity contribution in [3.8, 4) is 17.1 Å². The Bertz CT molecular complexity index is 1210. The van der Waals surface area contributed by atoms with Crippen LogP contribution in [0.5, 0.6) is 5.75 Å². The molecular formula is C26H27FN4O. The minimum Gasteiger partial charge on any atom is -0.497 e. The van der Waals surface area contributed by atoms with Gasteiger partial charge in [-0.15, -0.1) is 10.2 Å². The summed E-state index contributed by atoms with van der Waals surface area (Å²) in [5.74, 6) is 3.64. The number of hydrogen-bond acceptors (Lipinski definition) is 4. The maximum absolute atomic E-state index is 13.9. The number of halogens is 1. The Morgan fingerprint density at radius 2 is 1.78 bits per heavy atom. The van der Waals surface area contributed by atoms with Gasteiger partial charge in [-0.3, -0.25) is 4.98 Å². The van der Waals surface area contributed by atoms with Crippen LogP contribution >= 0.6 is 0 Å². The lowest BCUT2D eigenvalue weighted by Gasteiger charge is -2.32. The third kappa shape index (κ3) is 3.97. The Morgan fingerprint density at radius 1 is 1.00 bits per heavy atom. The van der Waals surface area contributed by atoms with E-state index in [1.807, 2.05) is 30.5 Å². The summed E-state index contributed by atoms with van der Waals surface area (Å²) in [7, 11) is 1.66. The van der Waals surface area contributed by atoms with Gasteiger partial charge in [-0.05, 0) is 91.6 Å². The molecule has 32 heavy (non-hydrogen) atoms. The Balaban J connectivity index is 1.28. The zero-order valence-corrected chi connectivity index (χ0v) is 18.4. The van der Waals surface area contributed by atoms with E-state index in [0.29, 0.717) is 17.8 Å². The number of benzene rings is 2.